The van der Waals surface area contributed by atoms with Crippen LogP contribution in [0.1, 0.15) is 0 Å². The first-order valence-electron chi connectivity index (χ1n) is 1.35. The SMILES string of the molecule is [C]1NC=C[SH]1. The van der Waals surface area contributed by atoms with Gasteiger partial charge in [0.05, 0.1) is 0 Å². The molecule has 0 bridgehead atoms. The molecule has 1 heterocycles. The van der Waals surface area contributed by atoms with Gasteiger partial charge in [-0.1, -0.05) is 0 Å². The summed E-state index contributed by atoms with van der Waals surface area (Å²) in [4.78, 5) is 0. The fourth-order valence-electron chi connectivity index (χ4n) is 0.186. The maximum atomic E-state index is 2.83. The molecule has 27 valence electrons. The van der Waals surface area contributed by atoms with E-state index >= 15 is 0 Å². The third-order valence-corrected chi connectivity index (χ3v) is 0.918. The summed E-state index contributed by atoms with van der Waals surface area (Å²) in [6.45, 7) is 0. The highest BCUT2D eigenvalue weighted by molar-refractivity contribution is 8.04. The van der Waals surface area contributed by atoms with E-state index in [-0.39, 0.29) is 0 Å². The molecule has 5 heavy (non-hydrogen) atoms. The van der Waals surface area contributed by atoms with E-state index in [2.05, 4.69) is 11.2 Å². The van der Waals surface area contributed by atoms with Gasteiger partial charge in [-0.3, -0.25) is 0 Å². The maximum Gasteiger partial charge on any atom is 0.147 e. The molecule has 1 rings (SSSR count). The molecule has 0 aromatic heterocycles. The summed E-state index contributed by atoms with van der Waals surface area (Å²) >= 11 is 1.15. The Hall–Kier alpha value is -0.110. The lowest BCUT2D eigenvalue weighted by Crippen LogP contribution is -1.86. The Balaban J connectivity index is 2.32. The smallest absolute Gasteiger partial charge is 0.147 e. The Morgan fingerprint density at radius 2 is 2.80 bits per heavy atom. The molecule has 2 heteroatoms. The Kier molecular flexibility index (Phi) is 0.841. The third-order valence-electron chi connectivity index (χ3n) is 0.362. The molecule has 0 aromatic rings. The van der Waals surface area contributed by atoms with Gasteiger partial charge < -0.3 is 5.32 Å². The summed E-state index contributed by atoms with van der Waals surface area (Å²) in [5.74, 6) is 2.83. The van der Waals surface area contributed by atoms with E-state index in [1.807, 2.05) is 11.6 Å². The number of rotatable bonds is 0. The van der Waals surface area contributed by atoms with E-state index in [0.29, 0.717) is 0 Å². The van der Waals surface area contributed by atoms with Crippen LogP contribution in [-0.2, 0) is 0 Å². The van der Waals surface area contributed by atoms with Crippen molar-refractivity contribution in [2.24, 2.45) is 0 Å². The van der Waals surface area contributed by atoms with Crippen LogP contribution in [0.15, 0.2) is 11.6 Å². The van der Waals surface area contributed by atoms with Gasteiger partial charge >= 0.3 is 0 Å². The van der Waals surface area contributed by atoms with Crippen LogP contribution in [0.3, 0.4) is 0 Å². The van der Waals surface area contributed by atoms with Crippen molar-refractivity contribution >= 4 is 11.8 Å². The first-order valence-corrected chi connectivity index (χ1v) is 2.32. The van der Waals surface area contributed by atoms with Crippen LogP contribution < -0.4 is 5.32 Å². The molecule has 0 fully saturated rings. The minimum absolute atomic E-state index is 1.15. The minimum Gasteiger partial charge on any atom is -0.371 e. The fraction of sp³-hybridized carbons (Fsp3) is 0. The summed E-state index contributed by atoms with van der Waals surface area (Å²) in [6.07, 6.45) is 1.86. The summed E-state index contributed by atoms with van der Waals surface area (Å²) < 4.78 is 0. The molecular weight excluding hydrogens is 82.1 g/mol. The van der Waals surface area contributed by atoms with Crippen molar-refractivity contribution in [3.63, 3.8) is 0 Å². The van der Waals surface area contributed by atoms with Crippen molar-refractivity contribution in [3.05, 3.63) is 17.5 Å². The average Bonchev–Trinajstić information content (AvgIpc) is 1.76. The number of hydrogen-bond donors (Lipinski definition) is 2. The van der Waals surface area contributed by atoms with Crippen LogP contribution in [0.25, 0.3) is 0 Å². The quantitative estimate of drug-likeness (QED) is 0.410. The molecule has 0 amide bonds. The zero-order chi connectivity index (χ0) is 3.54. The van der Waals surface area contributed by atoms with E-state index in [0.717, 1.165) is 11.8 Å². The van der Waals surface area contributed by atoms with Gasteiger partial charge in [-0.15, -0.1) is 0 Å². The largest absolute Gasteiger partial charge is 0.371 e. The second-order valence-electron chi connectivity index (χ2n) is 0.701. The predicted octanol–water partition coefficient (Wildman–Crippen LogP) is 0.523. The molecule has 1 nitrogen and oxygen atoms in total. The maximum absolute atomic E-state index is 2.83. The first-order chi connectivity index (χ1) is 2.50. The minimum atomic E-state index is 1.15. The van der Waals surface area contributed by atoms with Gasteiger partial charge in [-0.05, 0) is 5.41 Å². The van der Waals surface area contributed by atoms with Crippen LogP contribution in [0.2, 0.25) is 0 Å². The predicted molar refractivity (Wildman–Crippen MR) is 24.5 cm³/mol. The number of hydrogen-bond acceptors (Lipinski definition) is 1. The summed E-state index contributed by atoms with van der Waals surface area (Å²) in [6, 6.07) is 0. The van der Waals surface area contributed by atoms with E-state index in [1.54, 1.807) is 0 Å². The molecule has 1 N–H and O–H groups in total. The Morgan fingerprint density at radius 3 is 3.00 bits per heavy atom. The van der Waals surface area contributed by atoms with Gasteiger partial charge in [0.1, 0.15) is 5.88 Å². The van der Waals surface area contributed by atoms with Gasteiger partial charge in [-0.2, -0.15) is 11.8 Å². The molecule has 0 saturated carbocycles. The highest BCUT2D eigenvalue weighted by atomic mass is 32.2. The number of nitrogens with one attached hydrogen (secondary N) is 1. The van der Waals surface area contributed by atoms with Crippen molar-refractivity contribution in [3.8, 4) is 0 Å². The van der Waals surface area contributed by atoms with Crippen molar-refractivity contribution in [1.82, 2.24) is 5.32 Å². The van der Waals surface area contributed by atoms with E-state index in [1.165, 1.54) is 0 Å². The van der Waals surface area contributed by atoms with Crippen molar-refractivity contribution in [2.45, 2.75) is 0 Å². The van der Waals surface area contributed by atoms with Crippen LogP contribution in [0.4, 0.5) is 0 Å². The monoisotopic (exact) mass is 86.0 g/mol. The molecule has 0 spiro atoms. The van der Waals surface area contributed by atoms with Crippen LogP contribution >= 0.6 is 11.8 Å². The molecule has 1 aliphatic heterocycles. The second kappa shape index (κ2) is 1.36. The number of thiol groups is 1. The zero-order valence-corrected chi connectivity index (χ0v) is 3.50. The van der Waals surface area contributed by atoms with Crippen molar-refractivity contribution < 1.29 is 0 Å². The molecule has 1 aliphatic rings. The highest BCUT2D eigenvalue weighted by Gasteiger charge is 1.82. The lowest BCUT2D eigenvalue weighted by Gasteiger charge is -1.75. The zero-order valence-electron chi connectivity index (χ0n) is 2.60. The molecule has 0 saturated heterocycles. The van der Waals surface area contributed by atoms with Gasteiger partial charge in [0.25, 0.3) is 0 Å². The van der Waals surface area contributed by atoms with Crippen molar-refractivity contribution in [1.29, 1.82) is 0 Å². The molecule has 0 unspecified atom stereocenters. The normalized spacial score (nSPS) is 19.2. The van der Waals surface area contributed by atoms with E-state index < -0.39 is 0 Å². The van der Waals surface area contributed by atoms with Gasteiger partial charge in [0, 0.05) is 6.20 Å². The standard InChI is InChI=1S/C3H4NS/c1-2-5-3-4-1/h1-2,4-5H. The summed E-state index contributed by atoms with van der Waals surface area (Å²) in [5.41, 5.74) is 0. The van der Waals surface area contributed by atoms with Crippen LogP contribution in [0.5, 0.6) is 0 Å². The fourth-order valence-corrected chi connectivity index (χ4v) is 0.559. The van der Waals surface area contributed by atoms with Crippen molar-refractivity contribution in [2.75, 3.05) is 0 Å². The Bertz CT molecular complexity index is 44.9. The van der Waals surface area contributed by atoms with Crippen LogP contribution in [-0.4, -0.2) is 0 Å². The second-order valence-corrected chi connectivity index (χ2v) is 1.48. The lowest BCUT2D eigenvalue weighted by atomic mass is 11.0. The Labute approximate surface area is 35.4 Å². The molecular formula is C3H4NS. The van der Waals surface area contributed by atoms with Gasteiger partial charge in [-0.25, -0.2) is 0 Å². The molecule has 0 aliphatic carbocycles. The molecule has 0 aromatic carbocycles. The molecule has 0 atom stereocenters. The van der Waals surface area contributed by atoms with E-state index in [4.69, 9.17) is 0 Å². The van der Waals surface area contributed by atoms with Crippen LogP contribution in [0, 0.1) is 5.88 Å². The Morgan fingerprint density at radius 1 is 1.80 bits per heavy atom. The lowest BCUT2D eigenvalue weighted by molar-refractivity contribution is 1.19. The first kappa shape index (κ1) is 3.09. The average molecular weight is 86.1 g/mol. The van der Waals surface area contributed by atoms with Gasteiger partial charge in [0.2, 0.25) is 0 Å². The van der Waals surface area contributed by atoms with E-state index in [9.17, 15) is 0 Å². The topological polar surface area (TPSA) is 12.0 Å². The van der Waals surface area contributed by atoms with Gasteiger partial charge in [0.15, 0.2) is 0 Å². The molecule has 3 radical (unpaired) electrons. The summed E-state index contributed by atoms with van der Waals surface area (Å²) in [7, 11) is 0. The highest BCUT2D eigenvalue weighted by Crippen LogP contribution is 2.07. The third kappa shape index (κ3) is 0.581. The summed E-state index contributed by atoms with van der Waals surface area (Å²) in [5, 5.41) is 4.77.